The quantitative estimate of drug-likeness (QED) is 0.788. The molecule has 1 saturated heterocycles. The second-order valence-electron chi connectivity index (χ2n) is 4.53. The van der Waals surface area contributed by atoms with Gasteiger partial charge in [0.25, 0.3) is 0 Å². The fraction of sp³-hybridized carbons (Fsp3) is 0.900. The maximum Gasteiger partial charge on any atom is 0.306 e. The minimum atomic E-state index is -2.78. The Labute approximate surface area is 88.1 Å². The molecule has 15 heavy (non-hydrogen) atoms. The number of rotatable bonds is 3. The van der Waals surface area contributed by atoms with Crippen LogP contribution in [0.4, 0.5) is 8.78 Å². The number of nitrogens with zero attached hydrogens (tertiary/aromatic N) is 1. The van der Waals surface area contributed by atoms with Crippen LogP contribution < -0.4 is 0 Å². The third-order valence-corrected chi connectivity index (χ3v) is 2.87. The van der Waals surface area contributed by atoms with Crippen LogP contribution >= 0.6 is 0 Å². The van der Waals surface area contributed by atoms with Crippen molar-refractivity contribution in [3.05, 3.63) is 0 Å². The van der Waals surface area contributed by atoms with Crippen molar-refractivity contribution in [2.24, 2.45) is 11.8 Å². The molecule has 0 aliphatic carbocycles. The van der Waals surface area contributed by atoms with Crippen LogP contribution in [-0.4, -0.2) is 42.0 Å². The number of carbonyl (C=O) groups is 1. The standard InChI is InChI=1S/C10H17F2NO2/c1-10(11,12)5-7-6-13(2)4-3-8(7)9(14)15/h7-8H,3-6H2,1-2H3,(H,14,15). The normalized spacial score (nSPS) is 29.1. The zero-order valence-electron chi connectivity index (χ0n) is 9.04. The molecule has 0 amide bonds. The van der Waals surface area contributed by atoms with Gasteiger partial charge in [0, 0.05) is 13.0 Å². The van der Waals surface area contributed by atoms with E-state index < -0.39 is 23.7 Å². The summed E-state index contributed by atoms with van der Waals surface area (Å²) in [7, 11) is 1.83. The summed E-state index contributed by atoms with van der Waals surface area (Å²) in [6.45, 7) is 1.96. The molecule has 1 heterocycles. The van der Waals surface area contributed by atoms with Crippen LogP contribution in [0.1, 0.15) is 19.8 Å². The van der Waals surface area contributed by atoms with E-state index >= 15 is 0 Å². The summed E-state index contributed by atoms with van der Waals surface area (Å²) in [4.78, 5) is 12.8. The van der Waals surface area contributed by atoms with Gasteiger partial charge in [-0.05, 0) is 32.9 Å². The minimum absolute atomic E-state index is 0.339. The molecule has 0 spiro atoms. The predicted molar refractivity (Wildman–Crippen MR) is 52.0 cm³/mol. The highest BCUT2D eigenvalue weighted by molar-refractivity contribution is 5.70. The Hall–Kier alpha value is -0.710. The van der Waals surface area contributed by atoms with E-state index in [0.717, 1.165) is 6.92 Å². The molecular weight excluding hydrogens is 204 g/mol. The lowest BCUT2D eigenvalue weighted by atomic mass is 9.82. The number of carboxylic acids is 1. The van der Waals surface area contributed by atoms with Crippen molar-refractivity contribution in [2.75, 3.05) is 20.1 Å². The molecule has 0 bridgehead atoms. The lowest BCUT2D eigenvalue weighted by Gasteiger charge is -2.35. The molecule has 1 rings (SSSR count). The highest BCUT2D eigenvalue weighted by atomic mass is 19.3. The van der Waals surface area contributed by atoms with Crippen LogP contribution in [0.3, 0.4) is 0 Å². The molecule has 1 N–H and O–H groups in total. The van der Waals surface area contributed by atoms with Crippen LogP contribution in [0.25, 0.3) is 0 Å². The molecule has 2 unspecified atom stereocenters. The van der Waals surface area contributed by atoms with Gasteiger partial charge in [0.2, 0.25) is 5.92 Å². The van der Waals surface area contributed by atoms with Gasteiger partial charge >= 0.3 is 5.97 Å². The van der Waals surface area contributed by atoms with Crippen molar-refractivity contribution in [1.29, 1.82) is 0 Å². The second-order valence-corrected chi connectivity index (χ2v) is 4.53. The van der Waals surface area contributed by atoms with Gasteiger partial charge in [0.05, 0.1) is 5.92 Å². The molecular formula is C10H17F2NO2. The van der Waals surface area contributed by atoms with Crippen LogP contribution in [0.15, 0.2) is 0 Å². The average molecular weight is 221 g/mol. The second kappa shape index (κ2) is 4.43. The summed E-state index contributed by atoms with van der Waals surface area (Å²) in [6, 6.07) is 0. The number of alkyl halides is 2. The van der Waals surface area contributed by atoms with Crippen LogP contribution in [0.5, 0.6) is 0 Å². The summed E-state index contributed by atoms with van der Waals surface area (Å²) in [6.07, 6.45) is 0.126. The smallest absolute Gasteiger partial charge is 0.306 e. The first-order valence-electron chi connectivity index (χ1n) is 5.09. The summed E-state index contributed by atoms with van der Waals surface area (Å²) < 4.78 is 25.7. The first-order valence-corrected chi connectivity index (χ1v) is 5.09. The average Bonchev–Trinajstić information content (AvgIpc) is 1.99. The van der Waals surface area contributed by atoms with Gasteiger partial charge in [-0.2, -0.15) is 0 Å². The van der Waals surface area contributed by atoms with Crippen molar-refractivity contribution >= 4 is 5.97 Å². The Morgan fingerprint density at radius 2 is 2.20 bits per heavy atom. The monoisotopic (exact) mass is 221 g/mol. The van der Waals surface area contributed by atoms with Crippen molar-refractivity contribution in [3.63, 3.8) is 0 Å². The summed E-state index contributed by atoms with van der Waals surface area (Å²) in [5.41, 5.74) is 0. The Morgan fingerprint density at radius 1 is 1.60 bits per heavy atom. The Bertz CT molecular complexity index is 240. The Kier molecular flexibility index (Phi) is 3.65. The predicted octanol–water partition coefficient (Wildman–Crippen LogP) is 1.68. The molecule has 0 aromatic carbocycles. The van der Waals surface area contributed by atoms with Crippen molar-refractivity contribution in [1.82, 2.24) is 4.90 Å². The van der Waals surface area contributed by atoms with Crippen molar-refractivity contribution in [3.8, 4) is 0 Å². The Balaban J connectivity index is 2.66. The van der Waals surface area contributed by atoms with E-state index in [0.29, 0.717) is 19.5 Å². The number of likely N-dealkylation sites (tertiary alicyclic amines) is 1. The molecule has 0 radical (unpaired) electrons. The lowest BCUT2D eigenvalue weighted by molar-refractivity contribution is -0.147. The van der Waals surface area contributed by atoms with Gasteiger partial charge in [-0.15, -0.1) is 0 Å². The molecule has 0 aromatic heterocycles. The van der Waals surface area contributed by atoms with Gasteiger partial charge < -0.3 is 10.0 Å². The highest BCUT2D eigenvalue weighted by Crippen LogP contribution is 2.32. The molecule has 1 aliphatic rings. The van der Waals surface area contributed by atoms with Gasteiger partial charge in [-0.25, -0.2) is 8.78 Å². The molecule has 0 saturated carbocycles. The number of carboxylic acid groups (broad SMARTS) is 1. The SMILES string of the molecule is CN1CCC(C(=O)O)C(CC(C)(F)F)C1. The van der Waals surface area contributed by atoms with E-state index in [1.807, 2.05) is 11.9 Å². The summed E-state index contributed by atoms with van der Waals surface area (Å²) in [5.74, 6) is -4.79. The van der Waals surface area contributed by atoms with Crippen molar-refractivity contribution < 1.29 is 18.7 Å². The topological polar surface area (TPSA) is 40.5 Å². The number of piperidine rings is 1. The largest absolute Gasteiger partial charge is 0.481 e. The van der Waals surface area contributed by atoms with E-state index in [4.69, 9.17) is 5.11 Å². The van der Waals surface area contributed by atoms with Crippen molar-refractivity contribution in [2.45, 2.75) is 25.7 Å². The fourth-order valence-corrected chi connectivity index (χ4v) is 2.21. The maximum absolute atomic E-state index is 12.9. The molecule has 1 aliphatic heterocycles. The lowest BCUT2D eigenvalue weighted by Crippen LogP contribution is -2.43. The minimum Gasteiger partial charge on any atom is -0.481 e. The molecule has 1 fully saturated rings. The van der Waals surface area contributed by atoms with E-state index in [9.17, 15) is 13.6 Å². The number of aliphatic carboxylic acids is 1. The van der Waals surface area contributed by atoms with Crippen LogP contribution in [0.2, 0.25) is 0 Å². The zero-order valence-corrected chi connectivity index (χ0v) is 9.04. The van der Waals surface area contributed by atoms with Gasteiger partial charge in [-0.1, -0.05) is 0 Å². The van der Waals surface area contributed by atoms with E-state index in [-0.39, 0.29) is 6.42 Å². The molecule has 0 aromatic rings. The number of halogens is 2. The van der Waals surface area contributed by atoms with Gasteiger partial charge in [0.15, 0.2) is 0 Å². The number of hydrogen-bond acceptors (Lipinski definition) is 2. The van der Waals surface area contributed by atoms with Gasteiger partial charge in [-0.3, -0.25) is 4.79 Å². The van der Waals surface area contributed by atoms with Gasteiger partial charge in [0.1, 0.15) is 0 Å². The summed E-state index contributed by atoms with van der Waals surface area (Å²) in [5, 5.41) is 8.93. The zero-order chi connectivity index (χ0) is 11.6. The van der Waals surface area contributed by atoms with Crippen LogP contribution in [0, 0.1) is 11.8 Å². The first-order chi connectivity index (χ1) is 6.79. The summed E-state index contributed by atoms with van der Waals surface area (Å²) >= 11 is 0. The van der Waals surface area contributed by atoms with E-state index in [2.05, 4.69) is 0 Å². The van der Waals surface area contributed by atoms with E-state index in [1.165, 1.54) is 0 Å². The maximum atomic E-state index is 12.9. The third kappa shape index (κ3) is 3.74. The molecule has 88 valence electrons. The molecule has 3 nitrogen and oxygen atoms in total. The van der Waals surface area contributed by atoms with Crippen LogP contribution in [-0.2, 0) is 4.79 Å². The molecule has 2 atom stereocenters. The first kappa shape index (κ1) is 12.4. The fourth-order valence-electron chi connectivity index (χ4n) is 2.21. The van der Waals surface area contributed by atoms with E-state index in [1.54, 1.807) is 0 Å². The number of hydrogen-bond donors (Lipinski definition) is 1. The highest BCUT2D eigenvalue weighted by Gasteiger charge is 2.38. The molecule has 5 heteroatoms. The Morgan fingerprint density at radius 3 is 2.67 bits per heavy atom. The third-order valence-electron chi connectivity index (χ3n) is 2.87.